The van der Waals surface area contributed by atoms with Crippen LogP contribution in [0.4, 0.5) is 14.5 Å². The van der Waals surface area contributed by atoms with E-state index in [9.17, 15) is 13.6 Å². The van der Waals surface area contributed by atoms with Crippen LogP contribution in [0.3, 0.4) is 0 Å². The van der Waals surface area contributed by atoms with Gasteiger partial charge in [0.2, 0.25) is 5.91 Å². The maximum atomic E-state index is 13.5. The van der Waals surface area contributed by atoms with Crippen molar-refractivity contribution in [3.63, 3.8) is 0 Å². The average molecular weight is 347 g/mol. The highest BCUT2D eigenvalue weighted by Crippen LogP contribution is 2.30. The second-order valence-corrected chi connectivity index (χ2v) is 7.53. The number of hydrogen-bond donors (Lipinski definition) is 1. The molecule has 2 aromatic rings. The van der Waals surface area contributed by atoms with Crippen molar-refractivity contribution in [2.45, 2.75) is 20.9 Å². The van der Waals surface area contributed by atoms with Gasteiger partial charge in [0.15, 0.2) is 8.68 Å². The molecule has 112 valence electrons. The molecule has 21 heavy (non-hydrogen) atoms. The molecule has 0 radical (unpaired) electrons. The van der Waals surface area contributed by atoms with Crippen LogP contribution >= 0.6 is 34.9 Å². The van der Waals surface area contributed by atoms with Crippen molar-refractivity contribution in [3.8, 4) is 0 Å². The molecule has 1 heterocycles. The van der Waals surface area contributed by atoms with E-state index in [1.807, 2.05) is 6.26 Å². The number of anilines is 1. The second kappa shape index (κ2) is 7.19. The first-order valence-electron chi connectivity index (χ1n) is 5.79. The van der Waals surface area contributed by atoms with E-state index in [1.165, 1.54) is 40.9 Å². The molecular weight excluding hydrogens is 336 g/mol. The molecular formula is C12H11F2N3OS3. The summed E-state index contributed by atoms with van der Waals surface area (Å²) < 4.78 is 27.7. The van der Waals surface area contributed by atoms with E-state index in [-0.39, 0.29) is 11.6 Å². The molecule has 0 spiro atoms. The summed E-state index contributed by atoms with van der Waals surface area (Å²) in [7, 11) is 0. The minimum absolute atomic E-state index is 0.0454. The second-order valence-electron chi connectivity index (χ2n) is 3.91. The van der Waals surface area contributed by atoms with Gasteiger partial charge in [-0.1, -0.05) is 34.9 Å². The van der Waals surface area contributed by atoms with Gasteiger partial charge in [0, 0.05) is 6.07 Å². The Labute approximate surface area is 132 Å². The largest absolute Gasteiger partial charge is 0.323 e. The number of thioether (sulfide) groups is 2. The van der Waals surface area contributed by atoms with Crippen LogP contribution < -0.4 is 5.32 Å². The first kappa shape index (κ1) is 16.2. The molecule has 1 aromatic heterocycles. The Bertz CT molecular complexity index is 650. The number of benzene rings is 1. The lowest BCUT2D eigenvalue weighted by Crippen LogP contribution is -2.22. The van der Waals surface area contributed by atoms with Crippen LogP contribution in [0.1, 0.15) is 6.92 Å². The van der Waals surface area contributed by atoms with E-state index in [2.05, 4.69) is 15.5 Å². The molecule has 0 unspecified atom stereocenters. The van der Waals surface area contributed by atoms with Gasteiger partial charge in [0.25, 0.3) is 0 Å². The summed E-state index contributed by atoms with van der Waals surface area (Å²) in [6.45, 7) is 1.68. The standard InChI is InChI=1S/C12H11F2N3OS3/c1-6(20-12-17-16-11(19-2)21-12)10(18)15-9-4-3-7(13)5-8(9)14/h3-6H,1-2H3,(H,15,18)/t6-/m1/s1. The molecule has 1 N–H and O–H groups in total. The van der Waals surface area contributed by atoms with E-state index < -0.39 is 16.9 Å². The molecule has 0 saturated heterocycles. The predicted molar refractivity (Wildman–Crippen MR) is 82.0 cm³/mol. The minimum Gasteiger partial charge on any atom is -0.323 e. The molecule has 0 bridgehead atoms. The molecule has 1 aromatic carbocycles. The fourth-order valence-electron chi connectivity index (χ4n) is 1.36. The fraction of sp³-hybridized carbons (Fsp3) is 0.250. The molecule has 0 aliphatic heterocycles. The number of nitrogens with zero attached hydrogens (tertiary/aromatic N) is 2. The molecule has 1 amide bonds. The van der Waals surface area contributed by atoms with Crippen molar-refractivity contribution in [2.75, 3.05) is 11.6 Å². The number of nitrogens with one attached hydrogen (secondary N) is 1. The van der Waals surface area contributed by atoms with Crippen molar-refractivity contribution in [3.05, 3.63) is 29.8 Å². The summed E-state index contributed by atoms with van der Waals surface area (Å²) in [6, 6.07) is 3.01. The van der Waals surface area contributed by atoms with Crippen LogP contribution in [-0.4, -0.2) is 27.6 Å². The Morgan fingerprint density at radius 1 is 1.33 bits per heavy atom. The van der Waals surface area contributed by atoms with E-state index in [0.717, 1.165) is 16.5 Å². The molecule has 0 aliphatic carbocycles. The fourth-order valence-corrected chi connectivity index (χ4v) is 3.94. The zero-order chi connectivity index (χ0) is 15.4. The van der Waals surface area contributed by atoms with Crippen LogP contribution in [0.25, 0.3) is 0 Å². The number of amides is 1. The van der Waals surface area contributed by atoms with Gasteiger partial charge >= 0.3 is 0 Å². The number of carbonyl (C=O) groups excluding carboxylic acids is 1. The third-order valence-electron chi connectivity index (χ3n) is 2.40. The summed E-state index contributed by atoms with van der Waals surface area (Å²) in [5, 5.41) is 9.84. The topological polar surface area (TPSA) is 54.9 Å². The van der Waals surface area contributed by atoms with E-state index in [0.29, 0.717) is 4.34 Å². The molecule has 4 nitrogen and oxygen atoms in total. The van der Waals surface area contributed by atoms with Crippen LogP contribution in [-0.2, 0) is 4.79 Å². The Morgan fingerprint density at radius 2 is 2.05 bits per heavy atom. The average Bonchev–Trinajstić information content (AvgIpc) is 2.89. The van der Waals surface area contributed by atoms with Crippen molar-refractivity contribution >= 4 is 46.5 Å². The smallest absolute Gasteiger partial charge is 0.237 e. The van der Waals surface area contributed by atoms with Gasteiger partial charge in [-0.15, -0.1) is 10.2 Å². The first-order valence-corrected chi connectivity index (χ1v) is 8.71. The lowest BCUT2D eigenvalue weighted by molar-refractivity contribution is -0.115. The molecule has 0 saturated carbocycles. The Hall–Kier alpha value is -1.19. The monoisotopic (exact) mass is 347 g/mol. The number of carbonyl (C=O) groups is 1. The SMILES string of the molecule is CSc1nnc(S[C@H](C)C(=O)Nc2ccc(F)cc2F)s1. The maximum Gasteiger partial charge on any atom is 0.237 e. The van der Waals surface area contributed by atoms with Gasteiger partial charge in [0.05, 0.1) is 10.9 Å². The van der Waals surface area contributed by atoms with Gasteiger partial charge in [-0.25, -0.2) is 8.78 Å². The third kappa shape index (κ3) is 4.39. The van der Waals surface area contributed by atoms with Crippen molar-refractivity contribution < 1.29 is 13.6 Å². The predicted octanol–water partition coefficient (Wildman–Crippen LogP) is 3.66. The van der Waals surface area contributed by atoms with Crippen molar-refractivity contribution in [1.82, 2.24) is 10.2 Å². The van der Waals surface area contributed by atoms with Gasteiger partial charge in [-0.05, 0) is 25.3 Å². The third-order valence-corrected chi connectivity index (χ3v) is 5.48. The first-order chi connectivity index (χ1) is 9.99. The Morgan fingerprint density at radius 3 is 2.67 bits per heavy atom. The van der Waals surface area contributed by atoms with Crippen molar-refractivity contribution in [1.29, 1.82) is 0 Å². The van der Waals surface area contributed by atoms with Crippen LogP contribution in [0, 0.1) is 11.6 Å². The minimum atomic E-state index is -0.805. The summed E-state index contributed by atoms with van der Waals surface area (Å²) >= 11 is 4.11. The summed E-state index contributed by atoms with van der Waals surface area (Å²) in [4.78, 5) is 12.0. The lowest BCUT2D eigenvalue weighted by atomic mass is 10.3. The van der Waals surface area contributed by atoms with Gasteiger partial charge in [-0.2, -0.15) is 0 Å². The van der Waals surface area contributed by atoms with Crippen molar-refractivity contribution in [2.24, 2.45) is 0 Å². The number of hydrogen-bond acceptors (Lipinski definition) is 6. The molecule has 1 atom stereocenters. The van der Waals surface area contributed by atoms with E-state index >= 15 is 0 Å². The van der Waals surface area contributed by atoms with Gasteiger partial charge < -0.3 is 5.32 Å². The Kier molecular flexibility index (Phi) is 5.54. The normalized spacial score (nSPS) is 12.2. The molecule has 0 aliphatic rings. The maximum absolute atomic E-state index is 13.5. The van der Waals surface area contributed by atoms with Gasteiger partial charge in [0.1, 0.15) is 11.6 Å². The van der Waals surface area contributed by atoms with Gasteiger partial charge in [-0.3, -0.25) is 4.79 Å². The molecule has 2 rings (SSSR count). The summed E-state index contributed by atoms with van der Waals surface area (Å²) in [6.07, 6.45) is 1.89. The number of aromatic nitrogens is 2. The quantitative estimate of drug-likeness (QED) is 0.837. The molecule has 0 fully saturated rings. The van der Waals surface area contributed by atoms with E-state index in [1.54, 1.807) is 6.92 Å². The highest BCUT2D eigenvalue weighted by Gasteiger charge is 2.18. The highest BCUT2D eigenvalue weighted by molar-refractivity contribution is 8.03. The van der Waals surface area contributed by atoms with Crippen LogP contribution in [0.5, 0.6) is 0 Å². The van der Waals surface area contributed by atoms with Crippen LogP contribution in [0.15, 0.2) is 26.9 Å². The number of rotatable bonds is 5. The summed E-state index contributed by atoms with van der Waals surface area (Å²) in [5.74, 6) is -1.88. The van der Waals surface area contributed by atoms with Crippen LogP contribution in [0.2, 0.25) is 0 Å². The lowest BCUT2D eigenvalue weighted by Gasteiger charge is -2.10. The highest BCUT2D eigenvalue weighted by atomic mass is 32.2. The Balaban J connectivity index is 1.99. The number of halogens is 2. The summed E-state index contributed by atoms with van der Waals surface area (Å²) in [5.41, 5.74) is -0.0454. The zero-order valence-electron chi connectivity index (χ0n) is 11.1. The molecule has 9 heteroatoms. The van der Waals surface area contributed by atoms with E-state index in [4.69, 9.17) is 0 Å². The zero-order valence-corrected chi connectivity index (χ0v) is 13.5.